The first-order chi connectivity index (χ1) is 8.56. The van der Waals surface area contributed by atoms with Crippen LogP contribution in [0.4, 0.5) is 4.79 Å². The third-order valence-corrected chi connectivity index (χ3v) is 3.73. The molecule has 100 valence electrons. The summed E-state index contributed by atoms with van der Waals surface area (Å²) in [5.74, 6) is -1.02. The van der Waals surface area contributed by atoms with Crippen LogP contribution in [0.3, 0.4) is 0 Å². The molecule has 2 amide bonds. The summed E-state index contributed by atoms with van der Waals surface area (Å²) in [5, 5.41) is 13.9. The summed E-state index contributed by atoms with van der Waals surface area (Å²) in [6, 6.07) is 2.72. The molecule has 1 aromatic heterocycles. The van der Waals surface area contributed by atoms with Crippen LogP contribution in [0.2, 0.25) is 0 Å². The Bertz CT molecular complexity index is 417. The van der Waals surface area contributed by atoms with Gasteiger partial charge in [0.05, 0.1) is 6.54 Å². The van der Waals surface area contributed by atoms with Crippen molar-refractivity contribution in [3.8, 4) is 0 Å². The van der Waals surface area contributed by atoms with E-state index in [-0.39, 0.29) is 0 Å². The Balaban J connectivity index is 2.38. The maximum atomic E-state index is 11.5. The van der Waals surface area contributed by atoms with Gasteiger partial charge in [0.25, 0.3) is 0 Å². The first-order valence-corrected chi connectivity index (χ1v) is 6.73. The molecule has 0 saturated carbocycles. The van der Waals surface area contributed by atoms with Gasteiger partial charge < -0.3 is 15.7 Å². The lowest BCUT2D eigenvalue weighted by atomic mass is 10.2. The smallest absolute Gasteiger partial charge is 0.326 e. The van der Waals surface area contributed by atoms with E-state index in [0.717, 1.165) is 11.3 Å². The maximum Gasteiger partial charge on any atom is 0.326 e. The molecule has 18 heavy (non-hydrogen) atoms. The van der Waals surface area contributed by atoms with Gasteiger partial charge in [0.2, 0.25) is 0 Å². The SMILES string of the molecule is CCc1ccc(CNC(=O)NC(CC)C(=O)O)s1. The van der Waals surface area contributed by atoms with Crippen molar-refractivity contribution in [1.82, 2.24) is 10.6 Å². The number of nitrogens with one attached hydrogen (secondary N) is 2. The summed E-state index contributed by atoms with van der Waals surface area (Å²) in [6.45, 7) is 4.22. The third-order valence-electron chi connectivity index (χ3n) is 2.50. The Labute approximate surface area is 110 Å². The molecule has 0 bridgehead atoms. The molecule has 0 aliphatic carbocycles. The molecular formula is C12H18N2O3S. The van der Waals surface area contributed by atoms with Gasteiger partial charge in [-0.2, -0.15) is 0 Å². The number of carboxylic acids is 1. The number of urea groups is 1. The predicted molar refractivity (Wildman–Crippen MR) is 70.8 cm³/mol. The second-order valence-corrected chi connectivity index (χ2v) is 5.10. The van der Waals surface area contributed by atoms with Crippen molar-refractivity contribution in [3.05, 3.63) is 21.9 Å². The summed E-state index contributed by atoms with van der Waals surface area (Å²) >= 11 is 1.65. The maximum absolute atomic E-state index is 11.5. The summed E-state index contributed by atoms with van der Waals surface area (Å²) in [6.07, 6.45) is 1.34. The highest BCUT2D eigenvalue weighted by Crippen LogP contribution is 2.16. The first-order valence-electron chi connectivity index (χ1n) is 5.91. The zero-order valence-corrected chi connectivity index (χ0v) is 11.3. The lowest BCUT2D eigenvalue weighted by Crippen LogP contribution is -2.45. The number of carboxylic acid groups (broad SMARTS) is 1. The number of hydrogen-bond acceptors (Lipinski definition) is 3. The third kappa shape index (κ3) is 4.37. The van der Waals surface area contributed by atoms with Crippen LogP contribution in [0, 0.1) is 0 Å². The number of aliphatic carboxylic acids is 1. The molecule has 0 spiro atoms. The fraction of sp³-hybridized carbons (Fsp3) is 0.500. The molecule has 1 rings (SSSR count). The molecule has 1 atom stereocenters. The standard InChI is InChI=1S/C12H18N2O3S/c1-3-8-5-6-9(18-8)7-13-12(17)14-10(4-2)11(15)16/h5-6,10H,3-4,7H2,1-2H3,(H,15,16)(H2,13,14,17). The predicted octanol–water partition coefficient (Wildman–Crippen LogP) is 1.97. The van der Waals surface area contributed by atoms with Gasteiger partial charge in [-0.3, -0.25) is 0 Å². The van der Waals surface area contributed by atoms with E-state index in [1.807, 2.05) is 12.1 Å². The molecule has 6 heteroatoms. The Morgan fingerprint density at radius 2 is 2.00 bits per heavy atom. The summed E-state index contributed by atoms with van der Waals surface area (Å²) in [4.78, 5) is 24.6. The molecule has 0 aliphatic rings. The zero-order chi connectivity index (χ0) is 13.5. The molecular weight excluding hydrogens is 252 g/mol. The Hall–Kier alpha value is -1.56. The van der Waals surface area contributed by atoms with Gasteiger partial charge in [0.15, 0.2) is 0 Å². The van der Waals surface area contributed by atoms with Crippen LogP contribution in [0.25, 0.3) is 0 Å². The number of thiophene rings is 1. The number of amides is 2. The van der Waals surface area contributed by atoms with Crippen molar-refractivity contribution in [2.45, 2.75) is 39.3 Å². The van der Waals surface area contributed by atoms with Crippen molar-refractivity contribution < 1.29 is 14.7 Å². The van der Waals surface area contributed by atoms with Crippen LogP contribution in [-0.2, 0) is 17.8 Å². The monoisotopic (exact) mass is 270 g/mol. The minimum Gasteiger partial charge on any atom is -0.480 e. The highest BCUT2D eigenvalue weighted by molar-refractivity contribution is 7.11. The van der Waals surface area contributed by atoms with Gasteiger partial charge in [-0.05, 0) is 25.0 Å². The Morgan fingerprint density at radius 3 is 2.50 bits per heavy atom. The van der Waals surface area contributed by atoms with Crippen LogP contribution in [0.5, 0.6) is 0 Å². The van der Waals surface area contributed by atoms with Gasteiger partial charge >= 0.3 is 12.0 Å². The number of hydrogen-bond donors (Lipinski definition) is 3. The van der Waals surface area contributed by atoms with Gasteiger partial charge in [0.1, 0.15) is 6.04 Å². The summed E-state index contributed by atoms with van der Waals surface area (Å²) in [5.41, 5.74) is 0. The fourth-order valence-corrected chi connectivity index (χ4v) is 2.32. The highest BCUT2D eigenvalue weighted by Gasteiger charge is 2.17. The Kier molecular flexibility index (Phi) is 5.64. The van der Waals surface area contributed by atoms with E-state index in [0.29, 0.717) is 13.0 Å². The van der Waals surface area contributed by atoms with Gasteiger partial charge in [0, 0.05) is 9.75 Å². The number of carbonyl (C=O) groups excluding carboxylic acids is 1. The Morgan fingerprint density at radius 1 is 1.33 bits per heavy atom. The minimum atomic E-state index is -1.02. The van der Waals surface area contributed by atoms with Crippen molar-refractivity contribution in [2.24, 2.45) is 0 Å². The normalized spacial score (nSPS) is 11.9. The lowest BCUT2D eigenvalue weighted by molar-refractivity contribution is -0.139. The van der Waals surface area contributed by atoms with Crippen molar-refractivity contribution in [1.29, 1.82) is 0 Å². The van der Waals surface area contributed by atoms with Crippen LogP contribution >= 0.6 is 11.3 Å². The van der Waals surface area contributed by atoms with E-state index in [9.17, 15) is 9.59 Å². The molecule has 0 fully saturated rings. The van der Waals surface area contributed by atoms with Crippen molar-refractivity contribution >= 4 is 23.3 Å². The quantitative estimate of drug-likeness (QED) is 0.739. The zero-order valence-electron chi connectivity index (χ0n) is 10.5. The van der Waals surface area contributed by atoms with E-state index in [4.69, 9.17) is 5.11 Å². The second kappa shape index (κ2) is 7.00. The largest absolute Gasteiger partial charge is 0.480 e. The van der Waals surface area contributed by atoms with Crippen LogP contribution in [0.15, 0.2) is 12.1 Å². The average molecular weight is 270 g/mol. The first kappa shape index (κ1) is 14.5. The molecule has 0 saturated heterocycles. The molecule has 5 nitrogen and oxygen atoms in total. The van der Waals surface area contributed by atoms with E-state index >= 15 is 0 Å². The van der Waals surface area contributed by atoms with E-state index in [2.05, 4.69) is 17.6 Å². The van der Waals surface area contributed by atoms with Gasteiger partial charge in [-0.25, -0.2) is 9.59 Å². The summed E-state index contributed by atoms with van der Waals surface area (Å²) < 4.78 is 0. The van der Waals surface area contributed by atoms with E-state index in [1.165, 1.54) is 4.88 Å². The lowest BCUT2D eigenvalue weighted by Gasteiger charge is -2.12. The fourth-order valence-electron chi connectivity index (χ4n) is 1.42. The molecule has 1 unspecified atom stereocenters. The number of aryl methyl sites for hydroxylation is 1. The van der Waals surface area contributed by atoms with Gasteiger partial charge in [-0.15, -0.1) is 11.3 Å². The van der Waals surface area contributed by atoms with Crippen LogP contribution in [-0.4, -0.2) is 23.1 Å². The highest BCUT2D eigenvalue weighted by atomic mass is 32.1. The molecule has 0 aliphatic heterocycles. The average Bonchev–Trinajstić information content (AvgIpc) is 2.81. The minimum absolute atomic E-state index is 0.363. The van der Waals surface area contributed by atoms with Crippen LogP contribution in [0.1, 0.15) is 30.0 Å². The van der Waals surface area contributed by atoms with Crippen molar-refractivity contribution in [2.75, 3.05) is 0 Å². The molecule has 0 radical (unpaired) electrons. The van der Waals surface area contributed by atoms with Gasteiger partial charge in [-0.1, -0.05) is 13.8 Å². The van der Waals surface area contributed by atoms with E-state index in [1.54, 1.807) is 18.3 Å². The molecule has 0 aromatic carbocycles. The molecule has 1 aromatic rings. The number of carbonyl (C=O) groups is 2. The van der Waals surface area contributed by atoms with Crippen LogP contribution < -0.4 is 10.6 Å². The van der Waals surface area contributed by atoms with Crippen molar-refractivity contribution in [3.63, 3.8) is 0 Å². The second-order valence-electron chi connectivity index (χ2n) is 3.85. The van der Waals surface area contributed by atoms with E-state index < -0.39 is 18.0 Å². The summed E-state index contributed by atoms with van der Waals surface area (Å²) in [7, 11) is 0. The molecule has 1 heterocycles. The molecule has 3 N–H and O–H groups in total. The number of rotatable bonds is 6. The topological polar surface area (TPSA) is 78.4 Å².